The van der Waals surface area contributed by atoms with Gasteiger partial charge in [0.1, 0.15) is 5.82 Å². The number of rotatable bonds is 7. The first kappa shape index (κ1) is 23.1. The minimum Gasteiger partial charge on any atom is -0.341 e. The number of nitrogens with one attached hydrogen (secondary N) is 3. The maximum Gasteiger partial charge on any atom is 0.290 e. The van der Waals surface area contributed by atoms with Gasteiger partial charge in [0.15, 0.2) is 0 Å². The molecule has 10 nitrogen and oxygen atoms in total. The van der Waals surface area contributed by atoms with E-state index in [0.29, 0.717) is 40.3 Å². The number of thioether (sulfide) groups is 1. The molecule has 2 saturated heterocycles. The molecule has 2 amide bonds. The summed E-state index contributed by atoms with van der Waals surface area (Å²) in [6, 6.07) is 5.24. The summed E-state index contributed by atoms with van der Waals surface area (Å²) in [7, 11) is 0. The van der Waals surface area contributed by atoms with Gasteiger partial charge in [0.25, 0.3) is 11.1 Å². The minimum absolute atomic E-state index is 0.326. The molecule has 0 aliphatic carbocycles. The molecule has 5 heterocycles. The SMILES string of the molecule is O=C1NC(=O)/C(=C/c2ccnc(N3CCC(CNCc4cc(-c5ccn[nH]5)ncc4F)CC3)n2)S1. The summed E-state index contributed by atoms with van der Waals surface area (Å²) in [5, 5.41) is 12.0. The van der Waals surface area contributed by atoms with E-state index in [1.165, 1.54) is 6.20 Å². The molecule has 12 heteroatoms. The Morgan fingerprint density at radius 3 is 2.80 bits per heavy atom. The van der Waals surface area contributed by atoms with Crippen molar-refractivity contribution in [2.75, 3.05) is 24.5 Å². The molecule has 0 saturated carbocycles. The average molecular weight is 495 g/mol. The molecular formula is C23H23FN8O2S. The van der Waals surface area contributed by atoms with Crippen molar-refractivity contribution < 1.29 is 14.0 Å². The molecule has 3 aromatic heterocycles. The number of aromatic nitrogens is 5. The number of hydrogen-bond donors (Lipinski definition) is 3. The molecule has 0 unspecified atom stereocenters. The van der Waals surface area contributed by atoms with Crippen LogP contribution in [-0.2, 0) is 11.3 Å². The van der Waals surface area contributed by atoms with Crippen LogP contribution in [0.25, 0.3) is 17.5 Å². The molecule has 0 bridgehead atoms. The standard InChI is InChI=1S/C23H23FN8O2S/c24-17-13-27-19(18-2-6-28-31-18)9-15(17)12-25-11-14-3-7-32(8-4-14)22-26-5-1-16(29-22)10-20-21(33)30-23(34)35-20/h1-2,5-6,9-10,13-14,25H,3-4,7-8,11-12H2,(H,28,31)(H,30,33,34)/b20-10-. The Kier molecular flexibility index (Phi) is 6.82. The zero-order valence-electron chi connectivity index (χ0n) is 18.7. The number of carbonyl (C=O) groups excluding carboxylic acids is 2. The van der Waals surface area contributed by atoms with Gasteiger partial charge < -0.3 is 10.2 Å². The quantitative estimate of drug-likeness (QED) is 0.425. The lowest BCUT2D eigenvalue weighted by molar-refractivity contribution is -0.115. The van der Waals surface area contributed by atoms with Crippen molar-refractivity contribution in [2.24, 2.45) is 5.92 Å². The fourth-order valence-electron chi connectivity index (χ4n) is 4.06. The number of piperidine rings is 1. The molecule has 2 aliphatic rings. The van der Waals surface area contributed by atoms with Crippen molar-refractivity contribution in [2.45, 2.75) is 19.4 Å². The van der Waals surface area contributed by atoms with Gasteiger partial charge in [0.05, 0.1) is 28.2 Å². The number of pyridine rings is 1. The van der Waals surface area contributed by atoms with Gasteiger partial charge in [-0.25, -0.2) is 14.4 Å². The lowest BCUT2D eigenvalue weighted by Gasteiger charge is -2.32. The van der Waals surface area contributed by atoms with Gasteiger partial charge >= 0.3 is 0 Å². The van der Waals surface area contributed by atoms with Crippen LogP contribution in [0.5, 0.6) is 0 Å². The van der Waals surface area contributed by atoms with Crippen LogP contribution >= 0.6 is 11.8 Å². The lowest BCUT2D eigenvalue weighted by atomic mass is 9.97. The van der Waals surface area contributed by atoms with Gasteiger partial charge in [0, 0.05) is 37.6 Å². The topological polar surface area (TPSA) is 129 Å². The number of hydrogen-bond acceptors (Lipinski definition) is 9. The van der Waals surface area contributed by atoms with Gasteiger partial charge in [-0.2, -0.15) is 5.10 Å². The van der Waals surface area contributed by atoms with E-state index in [0.717, 1.165) is 49.9 Å². The number of H-pyrrole nitrogens is 1. The van der Waals surface area contributed by atoms with Crippen molar-refractivity contribution in [3.63, 3.8) is 0 Å². The fourth-order valence-corrected chi connectivity index (χ4v) is 4.73. The normalized spacial score (nSPS) is 17.9. The van der Waals surface area contributed by atoms with Gasteiger partial charge in [-0.05, 0) is 61.3 Å². The molecule has 0 spiro atoms. The van der Waals surface area contributed by atoms with Crippen LogP contribution < -0.4 is 15.5 Å². The summed E-state index contributed by atoms with van der Waals surface area (Å²) in [6.45, 7) is 2.80. The third-order valence-corrected chi connectivity index (χ3v) is 6.75. The van der Waals surface area contributed by atoms with Crippen molar-refractivity contribution in [1.82, 2.24) is 35.8 Å². The van der Waals surface area contributed by atoms with Crippen LogP contribution in [0, 0.1) is 11.7 Å². The summed E-state index contributed by atoms with van der Waals surface area (Å²) in [5.74, 6) is 0.321. The van der Waals surface area contributed by atoms with Gasteiger partial charge in [-0.15, -0.1) is 0 Å². The van der Waals surface area contributed by atoms with E-state index in [4.69, 9.17) is 0 Å². The number of anilines is 1. The molecule has 3 N–H and O–H groups in total. The largest absolute Gasteiger partial charge is 0.341 e. The summed E-state index contributed by atoms with van der Waals surface area (Å²) in [5.41, 5.74) is 2.56. The Morgan fingerprint density at radius 1 is 1.20 bits per heavy atom. The van der Waals surface area contributed by atoms with Crippen LogP contribution in [0.2, 0.25) is 0 Å². The van der Waals surface area contributed by atoms with E-state index < -0.39 is 5.91 Å². The highest BCUT2D eigenvalue weighted by Crippen LogP contribution is 2.26. The van der Waals surface area contributed by atoms with Gasteiger partial charge in [0.2, 0.25) is 5.95 Å². The third-order valence-electron chi connectivity index (χ3n) is 5.94. The van der Waals surface area contributed by atoms with Crippen LogP contribution in [0.4, 0.5) is 15.1 Å². The van der Waals surface area contributed by atoms with Crippen molar-refractivity contribution >= 4 is 34.9 Å². The lowest BCUT2D eigenvalue weighted by Crippen LogP contribution is -2.38. The Balaban J connectivity index is 1.13. The number of carbonyl (C=O) groups is 2. The maximum atomic E-state index is 14.2. The summed E-state index contributed by atoms with van der Waals surface area (Å²) >= 11 is 0.866. The monoisotopic (exact) mass is 494 g/mol. The van der Waals surface area contributed by atoms with E-state index in [1.807, 2.05) is 0 Å². The van der Waals surface area contributed by atoms with Gasteiger partial charge in [-0.3, -0.25) is 25.0 Å². The molecule has 2 fully saturated rings. The molecule has 0 atom stereocenters. The fraction of sp³-hybridized carbons (Fsp3) is 0.304. The van der Waals surface area contributed by atoms with Crippen LogP contribution in [0.15, 0.2) is 41.7 Å². The van der Waals surface area contributed by atoms with Crippen LogP contribution in [-0.4, -0.2) is 55.9 Å². The first-order valence-electron chi connectivity index (χ1n) is 11.2. The van der Waals surface area contributed by atoms with Gasteiger partial charge in [-0.1, -0.05) is 0 Å². The van der Waals surface area contributed by atoms with E-state index in [-0.39, 0.29) is 11.1 Å². The smallest absolute Gasteiger partial charge is 0.290 e. The Labute approximate surface area is 204 Å². The summed E-state index contributed by atoms with van der Waals surface area (Å²) < 4.78 is 14.2. The molecule has 2 aliphatic heterocycles. The highest BCUT2D eigenvalue weighted by molar-refractivity contribution is 8.18. The third kappa shape index (κ3) is 5.54. The maximum absolute atomic E-state index is 14.2. The van der Waals surface area contributed by atoms with E-state index in [2.05, 4.69) is 40.7 Å². The average Bonchev–Trinajstić information content (AvgIpc) is 3.51. The Morgan fingerprint density at radius 2 is 2.06 bits per heavy atom. The molecule has 0 radical (unpaired) electrons. The molecule has 180 valence electrons. The summed E-state index contributed by atoms with van der Waals surface area (Å²) in [6.07, 6.45) is 8.04. The second-order valence-electron chi connectivity index (χ2n) is 8.33. The zero-order valence-corrected chi connectivity index (χ0v) is 19.5. The molecule has 3 aromatic rings. The van der Waals surface area contributed by atoms with Crippen molar-refractivity contribution in [1.29, 1.82) is 0 Å². The zero-order chi connectivity index (χ0) is 24.2. The van der Waals surface area contributed by atoms with Crippen LogP contribution in [0.3, 0.4) is 0 Å². The van der Waals surface area contributed by atoms with E-state index >= 15 is 0 Å². The predicted molar refractivity (Wildman–Crippen MR) is 130 cm³/mol. The number of nitrogens with zero attached hydrogens (tertiary/aromatic N) is 5. The van der Waals surface area contributed by atoms with Crippen molar-refractivity contribution in [3.05, 3.63) is 58.8 Å². The van der Waals surface area contributed by atoms with E-state index in [9.17, 15) is 14.0 Å². The molecular weight excluding hydrogens is 471 g/mol. The first-order chi connectivity index (χ1) is 17.0. The Hall–Kier alpha value is -3.64. The van der Waals surface area contributed by atoms with Crippen LogP contribution in [0.1, 0.15) is 24.1 Å². The predicted octanol–water partition coefficient (Wildman–Crippen LogP) is 2.73. The Bertz CT molecular complexity index is 1260. The van der Waals surface area contributed by atoms with Crippen molar-refractivity contribution in [3.8, 4) is 11.4 Å². The highest BCUT2D eigenvalue weighted by Gasteiger charge is 2.26. The number of imide groups is 1. The highest BCUT2D eigenvalue weighted by atomic mass is 32.2. The molecule has 35 heavy (non-hydrogen) atoms. The number of aromatic amines is 1. The number of halogens is 1. The summed E-state index contributed by atoms with van der Waals surface area (Å²) in [4.78, 5) is 38.6. The van der Waals surface area contributed by atoms with E-state index in [1.54, 1.807) is 36.7 Å². The second kappa shape index (κ2) is 10.3. The minimum atomic E-state index is -0.405. The first-order valence-corrected chi connectivity index (χ1v) is 12.0. The molecule has 0 aromatic carbocycles. The molecule has 5 rings (SSSR count). The number of amides is 2. The second-order valence-corrected chi connectivity index (χ2v) is 9.34.